The molecule has 5 heteroatoms. The summed E-state index contributed by atoms with van der Waals surface area (Å²) >= 11 is 0. The van der Waals surface area contributed by atoms with Crippen LogP contribution in [0.5, 0.6) is 0 Å². The fourth-order valence-corrected chi connectivity index (χ4v) is 3.04. The van der Waals surface area contributed by atoms with Crippen molar-refractivity contribution in [1.82, 2.24) is 9.55 Å². The SMILES string of the molecule is CCOC(=O)CCCn1c(C)nc2cc(C(=O)c3ccccc3)ccc21. The lowest BCUT2D eigenvalue weighted by atomic mass is 10.0. The van der Waals surface area contributed by atoms with Gasteiger partial charge < -0.3 is 9.30 Å². The number of carbonyl (C=O) groups is 2. The van der Waals surface area contributed by atoms with Crippen LogP contribution in [0, 0.1) is 6.92 Å². The van der Waals surface area contributed by atoms with Crippen molar-refractivity contribution in [3.05, 3.63) is 65.5 Å². The molecule has 26 heavy (non-hydrogen) atoms. The molecule has 134 valence electrons. The number of aryl methyl sites for hydroxylation is 2. The van der Waals surface area contributed by atoms with Gasteiger partial charge in [-0.1, -0.05) is 30.3 Å². The van der Waals surface area contributed by atoms with Crippen molar-refractivity contribution >= 4 is 22.8 Å². The normalized spacial score (nSPS) is 10.8. The molecule has 1 aromatic heterocycles. The topological polar surface area (TPSA) is 61.2 Å². The van der Waals surface area contributed by atoms with Crippen LogP contribution >= 0.6 is 0 Å². The number of rotatable bonds is 7. The van der Waals surface area contributed by atoms with Crippen molar-refractivity contribution in [2.45, 2.75) is 33.2 Å². The molecular formula is C21H22N2O3. The molecule has 0 amide bonds. The maximum Gasteiger partial charge on any atom is 0.305 e. The minimum atomic E-state index is -0.176. The molecule has 1 heterocycles. The average Bonchev–Trinajstić information content (AvgIpc) is 2.96. The number of aromatic nitrogens is 2. The molecule has 0 bridgehead atoms. The third kappa shape index (κ3) is 3.82. The van der Waals surface area contributed by atoms with Crippen molar-refractivity contribution < 1.29 is 14.3 Å². The van der Waals surface area contributed by atoms with Crippen molar-refractivity contribution in [2.24, 2.45) is 0 Å². The fraction of sp³-hybridized carbons (Fsp3) is 0.286. The van der Waals surface area contributed by atoms with Gasteiger partial charge in [0.15, 0.2) is 5.78 Å². The maximum absolute atomic E-state index is 12.6. The summed E-state index contributed by atoms with van der Waals surface area (Å²) in [6.45, 7) is 4.83. The van der Waals surface area contributed by atoms with Crippen LogP contribution in [0.25, 0.3) is 11.0 Å². The lowest BCUT2D eigenvalue weighted by Crippen LogP contribution is -2.07. The van der Waals surface area contributed by atoms with Gasteiger partial charge in [0, 0.05) is 24.1 Å². The lowest BCUT2D eigenvalue weighted by molar-refractivity contribution is -0.143. The van der Waals surface area contributed by atoms with Crippen LogP contribution in [-0.2, 0) is 16.1 Å². The Balaban J connectivity index is 1.79. The number of benzene rings is 2. The molecule has 0 aliphatic carbocycles. The van der Waals surface area contributed by atoms with E-state index < -0.39 is 0 Å². The van der Waals surface area contributed by atoms with Gasteiger partial charge in [-0.05, 0) is 38.5 Å². The van der Waals surface area contributed by atoms with E-state index in [1.807, 2.05) is 55.5 Å². The first-order chi connectivity index (χ1) is 12.6. The van der Waals surface area contributed by atoms with Crippen LogP contribution in [0.15, 0.2) is 48.5 Å². The number of ketones is 1. The predicted octanol–water partition coefficient (Wildman–Crippen LogP) is 3.92. The van der Waals surface area contributed by atoms with Crippen molar-refractivity contribution in [3.8, 4) is 0 Å². The summed E-state index contributed by atoms with van der Waals surface area (Å²) in [5.74, 6) is 0.681. The molecule has 0 atom stereocenters. The molecule has 0 spiro atoms. The number of carbonyl (C=O) groups excluding carboxylic acids is 2. The number of hydrogen-bond acceptors (Lipinski definition) is 4. The summed E-state index contributed by atoms with van der Waals surface area (Å²) in [4.78, 5) is 28.7. The molecule has 0 radical (unpaired) electrons. The second-order valence-electron chi connectivity index (χ2n) is 6.12. The predicted molar refractivity (Wildman–Crippen MR) is 100 cm³/mol. The second-order valence-corrected chi connectivity index (χ2v) is 6.12. The molecule has 0 N–H and O–H groups in total. The summed E-state index contributed by atoms with van der Waals surface area (Å²) in [5.41, 5.74) is 3.05. The minimum absolute atomic E-state index is 0.0120. The quantitative estimate of drug-likeness (QED) is 0.479. The average molecular weight is 350 g/mol. The van der Waals surface area contributed by atoms with Gasteiger partial charge in [-0.15, -0.1) is 0 Å². The first-order valence-corrected chi connectivity index (χ1v) is 8.82. The number of ether oxygens (including phenoxy) is 1. The number of nitrogens with zero attached hydrogens (tertiary/aromatic N) is 2. The van der Waals surface area contributed by atoms with Gasteiger partial charge in [0.05, 0.1) is 17.6 Å². The maximum atomic E-state index is 12.6. The smallest absolute Gasteiger partial charge is 0.305 e. The second kappa shape index (κ2) is 7.95. The molecule has 0 saturated heterocycles. The monoisotopic (exact) mass is 350 g/mol. The zero-order chi connectivity index (χ0) is 18.5. The lowest BCUT2D eigenvalue weighted by Gasteiger charge is -2.07. The van der Waals surface area contributed by atoms with E-state index in [2.05, 4.69) is 9.55 Å². The third-order valence-electron chi connectivity index (χ3n) is 4.31. The van der Waals surface area contributed by atoms with E-state index in [-0.39, 0.29) is 11.8 Å². The van der Waals surface area contributed by atoms with Crippen LogP contribution in [0.1, 0.15) is 41.5 Å². The Hall–Kier alpha value is -2.95. The van der Waals surface area contributed by atoms with Gasteiger partial charge in [0.1, 0.15) is 5.82 Å². The molecular weight excluding hydrogens is 328 g/mol. The molecule has 2 aromatic carbocycles. The Morgan fingerprint density at radius 3 is 2.58 bits per heavy atom. The number of imidazole rings is 1. The van der Waals surface area contributed by atoms with Gasteiger partial charge in [-0.2, -0.15) is 0 Å². The Bertz CT molecular complexity index is 929. The van der Waals surface area contributed by atoms with Crippen LogP contribution in [0.3, 0.4) is 0 Å². The van der Waals surface area contributed by atoms with Gasteiger partial charge >= 0.3 is 5.97 Å². The zero-order valence-corrected chi connectivity index (χ0v) is 15.1. The zero-order valence-electron chi connectivity index (χ0n) is 15.1. The number of esters is 1. The van der Waals surface area contributed by atoms with Crippen molar-refractivity contribution in [2.75, 3.05) is 6.61 Å². The molecule has 0 saturated carbocycles. The van der Waals surface area contributed by atoms with Crippen LogP contribution in [0.4, 0.5) is 0 Å². The highest BCUT2D eigenvalue weighted by molar-refractivity contribution is 6.10. The molecule has 0 fully saturated rings. The molecule has 5 nitrogen and oxygen atoms in total. The third-order valence-corrected chi connectivity index (χ3v) is 4.31. The van der Waals surface area contributed by atoms with E-state index in [0.717, 1.165) is 16.9 Å². The molecule has 0 unspecified atom stereocenters. The molecule has 3 aromatic rings. The highest BCUT2D eigenvalue weighted by Gasteiger charge is 2.13. The summed E-state index contributed by atoms with van der Waals surface area (Å²) in [5, 5.41) is 0. The van der Waals surface area contributed by atoms with E-state index in [1.54, 1.807) is 6.92 Å². The van der Waals surface area contributed by atoms with Gasteiger partial charge in [-0.3, -0.25) is 9.59 Å². The first-order valence-electron chi connectivity index (χ1n) is 8.82. The van der Waals surface area contributed by atoms with E-state index in [1.165, 1.54) is 0 Å². The minimum Gasteiger partial charge on any atom is -0.466 e. The van der Waals surface area contributed by atoms with Crippen LogP contribution in [0.2, 0.25) is 0 Å². The standard InChI is InChI=1S/C21H22N2O3/c1-3-26-20(24)10-7-13-23-15(2)22-18-14-17(11-12-19(18)23)21(25)16-8-5-4-6-9-16/h4-6,8-9,11-12,14H,3,7,10,13H2,1-2H3. The summed E-state index contributed by atoms with van der Waals surface area (Å²) in [6.07, 6.45) is 1.08. The van der Waals surface area contributed by atoms with E-state index in [4.69, 9.17) is 4.74 Å². The molecule has 0 aliphatic heterocycles. The van der Waals surface area contributed by atoms with Gasteiger partial charge in [0.2, 0.25) is 0 Å². The Morgan fingerprint density at radius 1 is 1.08 bits per heavy atom. The van der Waals surface area contributed by atoms with Crippen LogP contribution in [-0.4, -0.2) is 27.9 Å². The largest absolute Gasteiger partial charge is 0.466 e. The highest BCUT2D eigenvalue weighted by atomic mass is 16.5. The molecule has 3 rings (SSSR count). The number of fused-ring (bicyclic) bond motifs is 1. The van der Waals surface area contributed by atoms with E-state index in [9.17, 15) is 9.59 Å². The Kier molecular flexibility index (Phi) is 5.46. The Labute approximate surface area is 152 Å². The first kappa shape index (κ1) is 17.9. The highest BCUT2D eigenvalue weighted by Crippen LogP contribution is 2.20. The number of hydrogen-bond donors (Lipinski definition) is 0. The van der Waals surface area contributed by atoms with Crippen molar-refractivity contribution in [3.63, 3.8) is 0 Å². The van der Waals surface area contributed by atoms with Crippen LogP contribution < -0.4 is 0 Å². The van der Waals surface area contributed by atoms with E-state index >= 15 is 0 Å². The fourth-order valence-electron chi connectivity index (χ4n) is 3.04. The van der Waals surface area contributed by atoms with E-state index in [0.29, 0.717) is 37.1 Å². The van der Waals surface area contributed by atoms with Gasteiger partial charge in [-0.25, -0.2) is 4.98 Å². The molecule has 0 aliphatic rings. The van der Waals surface area contributed by atoms with Gasteiger partial charge in [0.25, 0.3) is 0 Å². The summed E-state index contributed by atoms with van der Waals surface area (Å²) in [7, 11) is 0. The summed E-state index contributed by atoms with van der Waals surface area (Å²) in [6, 6.07) is 14.8. The summed E-state index contributed by atoms with van der Waals surface area (Å²) < 4.78 is 7.04. The van der Waals surface area contributed by atoms with Crippen molar-refractivity contribution in [1.29, 1.82) is 0 Å². The Morgan fingerprint density at radius 2 is 1.85 bits per heavy atom.